The lowest BCUT2D eigenvalue weighted by atomic mass is 9.84. The zero-order valence-corrected chi connectivity index (χ0v) is 17.6. The minimum absolute atomic E-state index is 0.0286. The number of primary amides is 1. The summed E-state index contributed by atoms with van der Waals surface area (Å²) >= 11 is 0. The Morgan fingerprint density at radius 2 is 1.81 bits per heavy atom. The molecule has 1 saturated carbocycles. The van der Waals surface area contributed by atoms with Crippen molar-refractivity contribution in [1.82, 2.24) is 19.9 Å². The third-order valence-corrected chi connectivity index (χ3v) is 7.49. The topological polar surface area (TPSA) is 77.0 Å². The van der Waals surface area contributed by atoms with Crippen LogP contribution in [0.15, 0.2) is 30.5 Å². The van der Waals surface area contributed by atoms with E-state index in [4.69, 9.17) is 5.73 Å². The smallest absolute Gasteiger partial charge is 0.248 e. The molecule has 2 N–H and O–H groups in total. The first-order chi connectivity index (χ1) is 14.9. The first-order valence-electron chi connectivity index (χ1n) is 11.3. The van der Waals surface area contributed by atoms with Gasteiger partial charge in [-0.05, 0) is 62.1 Å². The molecule has 0 unspecified atom stereocenters. The van der Waals surface area contributed by atoms with Crippen molar-refractivity contribution in [3.63, 3.8) is 0 Å². The van der Waals surface area contributed by atoms with Crippen molar-refractivity contribution in [2.45, 2.75) is 87.9 Å². The van der Waals surface area contributed by atoms with E-state index < -0.39 is 5.92 Å². The van der Waals surface area contributed by atoms with Gasteiger partial charge in [0.2, 0.25) is 11.8 Å². The first-order valence-corrected chi connectivity index (χ1v) is 11.3. The van der Waals surface area contributed by atoms with E-state index in [1.807, 2.05) is 18.3 Å². The Kier molecular flexibility index (Phi) is 5.28. The van der Waals surface area contributed by atoms with Crippen molar-refractivity contribution < 1.29 is 13.6 Å². The van der Waals surface area contributed by atoms with Gasteiger partial charge in [-0.25, -0.2) is 13.5 Å². The quantitative estimate of drug-likeness (QED) is 0.778. The summed E-state index contributed by atoms with van der Waals surface area (Å²) in [5, 5.41) is 8.62. The lowest BCUT2D eigenvalue weighted by molar-refractivity contribution is -0.0451. The number of amides is 1. The Morgan fingerprint density at radius 3 is 2.48 bits per heavy atom. The average molecular weight is 430 g/mol. The number of hydrogen-bond acceptors (Lipinski definition) is 4. The fourth-order valence-corrected chi connectivity index (χ4v) is 5.79. The summed E-state index contributed by atoms with van der Waals surface area (Å²) in [5.74, 6) is -2.47. The summed E-state index contributed by atoms with van der Waals surface area (Å²) < 4.78 is 28.7. The van der Waals surface area contributed by atoms with Crippen molar-refractivity contribution in [3.8, 4) is 0 Å². The van der Waals surface area contributed by atoms with Crippen LogP contribution in [-0.2, 0) is 6.54 Å². The van der Waals surface area contributed by atoms with Gasteiger partial charge >= 0.3 is 0 Å². The van der Waals surface area contributed by atoms with Crippen molar-refractivity contribution in [3.05, 3.63) is 47.3 Å². The van der Waals surface area contributed by atoms with Crippen LogP contribution in [0.4, 0.5) is 8.78 Å². The number of hydrogen-bond donors (Lipinski definition) is 1. The van der Waals surface area contributed by atoms with Gasteiger partial charge < -0.3 is 5.73 Å². The van der Waals surface area contributed by atoms with E-state index in [1.165, 1.54) is 18.4 Å². The van der Waals surface area contributed by atoms with E-state index in [0.29, 0.717) is 36.4 Å². The molecular formula is C23H29F2N5O. The van der Waals surface area contributed by atoms with Crippen molar-refractivity contribution in [1.29, 1.82) is 0 Å². The number of benzene rings is 1. The predicted molar refractivity (Wildman–Crippen MR) is 112 cm³/mol. The van der Waals surface area contributed by atoms with Crippen LogP contribution in [0.5, 0.6) is 0 Å². The normalized spacial score (nSPS) is 28.6. The highest BCUT2D eigenvalue weighted by Gasteiger charge is 2.41. The number of alkyl halides is 2. The van der Waals surface area contributed by atoms with E-state index in [1.54, 1.807) is 10.7 Å². The first kappa shape index (κ1) is 20.5. The van der Waals surface area contributed by atoms with Crippen LogP contribution in [0.3, 0.4) is 0 Å². The molecular weight excluding hydrogens is 400 g/mol. The van der Waals surface area contributed by atoms with E-state index in [2.05, 4.69) is 21.3 Å². The monoisotopic (exact) mass is 429 g/mol. The summed E-state index contributed by atoms with van der Waals surface area (Å²) in [4.78, 5) is 14.1. The summed E-state index contributed by atoms with van der Waals surface area (Å²) in [6, 6.07) is 8.74. The number of halogens is 2. The highest BCUT2D eigenvalue weighted by atomic mass is 19.3. The second-order valence-corrected chi connectivity index (χ2v) is 9.49. The molecule has 1 aromatic heterocycles. The fraction of sp³-hybridized carbons (Fsp3) is 0.609. The van der Waals surface area contributed by atoms with Gasteiger partial charge in [0.1, 0.15) is 0 Å². The van der Waals surface area contributed by atoms with Crippen LogP contribution in [0.2, 0.25) is 0 Å². The van der Waals surface area contributed by atoms with Crippen LogP contribution >= 0.6 is 0 Å². The Hall–Kier alpha value is -2.35. The molecule has 2 atom stereocenters. The van der Waals surface area contributed by atoms with Gasteiger partial charge in [-0.3, -0.25) is 9.69 Å². The summed E-state index contributed by atoms with van der Waals surface area (Å²) in [5.41, 5.74) is 8.15. The van der Waals surface area contributed by atoms with Gasteiger partial charge in [-0.15, -0.1) is 5.10 Å². The second-order valence-electron chi connectivity index (χ2n) is 9.49. The van der Waals surface area contributed by atoms with Gasteiger partial charge in [-0.2, -0.15) is 0 Å². The maximum absolute atomic E-state index is 13.4. The third-order valence-electron chi connectivity index (χ3n) is 7.49. The summed E-state index contributed by atoms with van der Waals surface area (Å²) in [6.07, 6.45) is 7.19. The molecule has 0 radical (unpaired) electrons. The van der Waals surface area contributed by atoms with Gasteiger partial charge in [0.05, 0.1) is 17.9 Å². The van der Waals surface area contributed by atoms with Crippen molar-refractivity contribution in [2.24, 2.45) is 5.73 Å². The minimum Gasteiger partial charge on any atom is -0.366 e. The second kappa shape index (κ2) is 7.97. The Bertz CT molecular complexity index is 937. The lowest BCUT2D eigenvalue weighted by Crippen LogP contribution is -2.41. The Labute approximate surface area is 180 Å². The number of piperidine rings is 1. The number of rotatable bonds is 5. The Balaban J connectivity index is 1.23. The number of nitrogens with two attached hydrogens (primary N) is 1. The standard InChI is InChI=1S/C23H29F2N5O/c24-23(25)8-6-19(7-9-23)30-14-18(27-28-30)13-29-20-4-5-21(29)12-17(11-20)15-2-1-3-16(10-15)22(26)31/h1-3,10,14,17,19-21H,4-9,11-13H2,(H2,26,31)/t20-,21-/m1/s1. The molecule has 8 heteroatoms. The van der Waals surface area contributed by atoms with Gasteiger partial charge in [0, 0.05) is 37.0 Å². The molecule has 2 bridgehead atoms. The SMILES string of the molecule is NC(=O)c1cccc(C2C[C@H]3CC[C@H](C2)N3Cc2cn(C3CCC(F)(F)CC3)nn2)c1. The fourth-order valence-electron chi connectivity index (χ4n) is 5.79. The molecule has 1 amide bonds. The maximum atomic E-state index is 13.4. The number of nitrogens with zero attached hydrogens (tertiary/aromatic N) is 4. The molecule has 1 aromatic carbocycles. The van der Waals surface area contributed by atoms with E-state index in [0.717, 1.165) is 25.1 Å². The van der Waals surface area contributed by atoms with Crippen LogP contribution in [0, 0.1) is 0 Å². The summed E-state index contributed by atoms with van der Waals surface area (Å²) in [6.45, 7) is 0.756. The molecule has 1 aliphatic carbocycles. The van der Waals surface area contributed by atoms with Crippen molar-refractivity contribution >= 4 is 5.91 Å². The number of carbonyl (C=O) groups is 1. The molecule has 2 aromatic rings. The molecule has 3 fully saturated rings. The molecule has 0 spiro atoms. The van der Waals surface area contributed by atoms with Gasteiger partial charge in [0.25, 0.3) is 0 Å². The van der Waals surface area contributed by atoms with E-state index in [-0.39, 0.29) is 24.8 Å². The maximum Gasteiger partial charge on any atom is 0.248 e. The molecule has 3 aliphatic rings. The van der Waals surface area contributed by atoms with E-state index in [9.17, 15) is 13.6 Å². The Morgan fingerprint density at radius 1 is 1.10 bits per heavy atom. The third kappa shape index (κ3) is 4.22. The largest absolute Gasteiger partial charge is 0.366 e. The van der Waals surface area contributed by atoms with Crippen molar-refractivity contribution in [2.75, 3.05) is 0 Å². The van der Waals surface area contributed by atoms with Crippen LogP contribution in [0.25, 0.3) is 0 Å². The summed E-state index contributed by atoms with van der Waals surface area (Å²) in [7, 11) is 0. The zero-order valence-electron chi connectivity index (χ0n) is 17.6. The number of fused-ring (bicyclic) bond motifs is 2. The molecule has 166 valence electrons. The van der Waals surface area contributed by atoms with Crippen LogP contribution < -0.4 is 5.73 Å². The molecule has 2 aliphatic heterocycles. The number of aromatic nitrogens is 3. The molecule has 3 heterocycles. The van der Waals surface area contributed by atoms with Crippen LogP contribution in [-0.4, -0.2) is 43.8 Å². The number of carbonyl (C=O) groups excluding carboxylic acids is 1. The molecule has 2 saturated heterocycles. The zero-order chi connectivity index (χ0) is 21.6. The molecule has 5 rings (SSSR count). The predicted octanol–water partition coefficient (Wildman–Crippen LogP) is 4.04. The van der Waals surface area contributed by atoms with E-state index >= 15 is 0 Å². The van der Waals surface area contributed by atoms with Gasteiger partial charge in [0.15, 0.2) is 0 Å². The molecule has 31 heavy (non-hydrogen) atoms. The van der Waals surface area contributed by atoms with Gasteiger partial charge in [-0.1, -0.05) is 17.3 Å². The molecule has 6 nitrogen and oxygen atoms in total. The van der Waals surface area contributed by atoms with Crippen LogP contribution in [0.1, 0.15) is 84.9 Å². The highest BCUT2D eigenvalue weighted by Crippen LogP contribution is 2.44. The minimum atomic E-state index is -2.53. The lowest BCUT2D eigenvalue weighted by Gasteiger charge is -2.38. The highest BCUT2D eigenvalue weighted by molar-refractivity contribution is 5.92. The average Bonchev–Trinajstić information content (AvgIpc) is 3.29.